The largest absolute Gasteiger partial charge is 0.462 e. The number of hydrogen-bond acceptors (Lipinski definition) is 5. The Labute approximate surface area is 158 Å². The average molecular weight is 368 g/mol. The van der Waals surface area contributed by atoms with Crippen molar-refractivity contribution in [1.82, 2.24) is 14.8 Å². The number of hydrogen-bond donors (Lipinski definition) is 1. The third-order valence-corrected chi connectivity index (χ3v) is 4.44. The van der Waals surface area contributed by atoms with E-state index in [9.17, 15) is 9.59 Å². The summed E-state index contributed by atoms with van der Waals surface area (Å²) in [6.07, 6.45) is 3.64. The van der Waals surface area contributed by atoms with Crippen LogP contribution < -0.4 is 5.32 Å². The van der Waals surface area contributed by atoms with Crippen molar-refractivity contribution in [2.45, 2.75) is 13.5 Å². The van der Waals surface area contributed by atoms with Crippen molar-refractivity contribution in [3.05, 3.63) is 59.9 Å². The summed E-state index contributed by atoms with van der Waals surface area (Å²) in [6, 6.07) is 10.6. The predicted molar refractivity (Wildman–Crippen MR) is 103 cm³/mol. The molecule has 2 heterocycles. The van der Waals surface area contributed by atoms with Gasteiger partial charge in [0.2, 0.25) is 0 Å². The standard InChI is InChI=1S/C20H24N4O3/c1-2-27-19(25)17-5-7-18(8-6-17)22-20(26)24-12-10-23(11-13-24)15-16-4-3-9-21-14-16/h3-9,14H,2,10-13,15H2,1H3,(H,22,26). The fraction of sp³-hybridized carbons (Fsp3) is 0.350. The summed E-state index contributed by atoms with van der Waals surface area (Å²) in [6.45, 7) is 5.94. The summed E-state index contributed by atoms with van der Waals surface area (Å²) in [5, 5.41) is 2.88. The van der Waals surface area contributed by atoms with Gasteiger partial charge >= 0.3 is 12.0 Å². The molecule has 1 N–H and O–H groups in total. The maximum atomic E-state index is 12.4. The number of esters is 1. The number of urea groups is 1. The minimum atomic E-state index is -0.361. The second kappa shape index (κ2) is 9.14. The first-order valence-electron chi connectivity index (χ1n) is 9.10. The van der Waals surface area contributed by atoms with Gasteiger partial charge in [-0.1, -0.05) is 6.07 Å². The Balaban J connectivity index is 1.47. The molecule has 3 rings (SSSR count). The molecule has 1 aliphatic heterocycles. The van der Waals surface area contributed by atoms with Crippen molar-refractivity contribution in [1.29, 1.82) is 0 Å². The number of rotatable bonds is 5. The smallest absolute Gasteiger partial charge is 0.338 e. The number of ether oxygens (including phenoxy) is 1. The number of carbonyl (C=O) groups is 2. The SMILES string of the molecule is CCOC(=O)c1ccc(NC(=O)N2CCN(Cc3cccnc3)CC2)cc1. The van der Waals surface area contributed by atoms with Crippen LogP contribution in [0.2, 0.25) is 0 Å². The Bertz CT molecular complexity index is 757. The molecule has 0 bridgehead atoms. The van der Waals surface area contributed by atoms with Crippen LogP contribution in [-0.2, 0) is 11.3 Å². The number of carbonyl (C=O) groups excluding carboxylic acids is 2. The molecule has 1 aromatic heterocycles. The molecule has 0 atom stereocenters. The highest BCUT2D eigenvalue weighted by atomic mass is 16.5. The molecule has 1 aliphatic rings. The second-order valence-corrected chi connectivity index (χ2v) is 6.35. The minimum Gasteiger partial charge on any atom is -0.462 e. The summed E-state index contributed by atoms with van der Waals surface area (Å²) in [4.78, 5) is 32.4. The fourth-order valence-electron chi connectivity index (χ4n) is 2.97. The van der Waals surface area contributed by atoms with E-state index in [1.54, 1.807) is 42.3 Å². The van der Waals surface area contributed by atoms with Crippen LogP contribution in [0.4, 0.5) is 10.5 Å². The summed E-state index contributed by atoms with van der Waals surface area (Å²) in [5.74, 6) is -0.361. The number of amides is 2. The summed E-state index contributed by atoms with van der Waals surface area (Å²) < 4.78 is 4.95. The van der Waals surface area contributed by atoms with Gasteiger partial charge in [-0.05, 0) is 42.8 Å². The Hall–Kier alpha value is -2.93. The second-order valence-electron chi connectivity index (χ2n) is 6.35. The number of aromatic nitrogens is 1. The Morgan fingerprint density at radius 1 is 1.11 bits per heavy atom. The molecule has 0 radical (unpaired) electrons. The third-order valence-electron chi connectivity index (χ3n) is 4.44. The molecule has 0 spiro atoms. The van der Waals surface area contributed by atoms with Gasteiger partial charge in [-0.25, -0.2) is 9.59 Å². The van der Waals surface area contributed by atoms with Crippen molar-refractivity contribution in [2.24, 2.45) is 0 Å². The quantitative estimate of drug-likeness (QED) is 0.821. The molecule has 0 saturated carbocycles. The minimum absolute atomic E-state index is 0.125. The number of benzene rings is 1. The van der Waals surface area contributed by atoms with Gasteiger partial charge in [0, 0.05) is 50.8 Å². The third kappa shape index (κ3) is 5.27. The van der Waals surface area contributed by atoms with Crippen LogP contribution in [0.1, 0.15) is 22.8 Å². The molecule has 7 nitrogen and oxygen atoms in total. The van der Waals surface area contributed by atoms with Crippen LogP contribution in [0.3, 0.4) is 0 Å². The number of nitrogens with one attached hydrogen (secondary N) is 1. The topological polar surface area (TPSA) is 74.8 Å². The van der Waals surface area contributed by atoms with E-state index in [4.69, 9.17) is 4.74 Å². The van der Waals surface area contributed by atoms with E-state index >= 15 is 0 Å². The molecule has 2 aromatic rings. The van der Waals surface area contributed by atoms with Crippen molar-refractivity contribution in [3.63, 3.8) is 0 Å². The molecular formula is C20H24N4O3. The van der Waals surface area contributed by atoms with Crippen molar-refractivity contribution < 1.29 is 14.3 Å². The summed E-state index contributed by atoms with van der Waals surface area (Å²) in [5.41, 5.74) is 2.31. The average Bonchev–Trinajstić information content (AvgIpc) is 2.70. The lowest BCUT2D eigenvalue weighted by molar-refractivity contribution is 0.0526. The van der Waals surface area contributed by atoms with Gasteiger partial charge in [-0.3, -0.25) is 9.88 Å². The monoisotopic (exact) mass is 368 g/mol. The lowest BCUT2D eigenvalue weighted by Crippen LogP contribution is -2.49. The van der Waals surface area contributed by atoms with E-state index in [2.05, 4.69) is 21.3 Å². The van der Waals surface area contributed by atoms with Crippen molar-refractivity contribution in [2.75, 3.05) is 38.1 Å². The molecule has 142 valence electrons. The Morgan fingerprint density at radius 3 is 2.48 bits per heavy atom. The highest BCUT2D eigenvalue weighted by Crippen LogP contribution is 2.13. The first-order chi connectivity index (χ1) is 13.2. The maximum absolute atomic E-state index is 12.4. The van der Waals surface area contributed by atoms with Crippen LogP contribution in [-0.4, -0.2) is 59.6 Å². The molecule has 2 amide bonds. The zero-order chi connectivity index (χ0) is 19.1. The zero-order valence-corrected chi connectivity index (χ0v) is 15.4. The molecule has 1 fully saturated rings. The van der Waals surface area contributed by atoms with E-state index in [1.807, 2.05) is 12.3 Å². The molecule has 1 aromatic carbocycles. The Morgan fingerprint density at radius 2 is 1.85 bits per heavy atom. The molecular weight excluding hydrogens is 344 g/mol. The number of nitrogens with zero attached hydrogens (tertiary/aromatic N) is 3. The van der Waals surface area contributed by atoms with Gasteiger partial charge in [-0.2, -0.15) is 0 Å². The first-order valence-corrected chi connectivity index (χ1v) is 9.10. The highest BCUT2D eigenvalue weighted by Gasteiger charge is 2.21. The molecule has 7 heteroatoms. The normalized spacial score (nSPS) is 14.6. The van der Waals surface area contributed by atoms with Gasteiger partial charge in [-0.15, -0.1) is 0 Å². The van der Waals surface area contributed by atoms with E-state index < -0.39 is 0 Å². The zero-order valence-electron chi connectivity index (χ0n) is 15.4. The molecule has 1 saturated heterocycles. The molecule has 0 aliphatic carbocycles. The van der Waals surface area contributed by atoms with E-state index in [0.29, 0.717) is 30.9 Å². The van der Waals surface area contributed by atoms with Crippen LogP contribution in [0, 0.1) is 0 Å². The predicted octanol–water partition coefficient (Wildman–Crippen LogP) is 2.61. The van der Waals surface area contributed by atoms with Gasteiger partial charge in [0.1, 0.15) is 0 Å². The van der Waals surface area contributed by atoms with E-state index in [-0.39, 0.29) is 12.0 Å². The van der Waals surface area contributed by atoms with Gasteiger partial charge in [0.05, 0.1) is 12.2 Å². The van der Waals surface area contributed by atoms with Crippen LogP contribution in [0.5, 0.6) is 0 Å². The molecule has 0 unspecified atom stereocenters. The van der Waals surface area contributed by atoms with E-state index in [0.717, 1.165) is 19.6 Å². The number of pyridine rings is 1. The number of anilines is 1. The van der Waals surface area contributed by atoms with Gasteiger partial charge in [0.25, 0.3) is 0 Å². The van der Waals surface area contributed by atoms with Gasteiger partial charge in [0.15, 0.2) is 0 Å². The van der Waals surface area contributed by atoms with Crippen LogP contribution in [0.25, 0.3) is 0 Å². The lowest BCUT2D eigenvalue weighted by atomic mass is 10.2. The summed E-state index contributed by atoms with van der Waals surface area (Å²) >= 11 is 0. The van der Waals surface area contributed by atoms with Crippen LogP contribution >= 0.6 is 0 Å². The number of piperazine rings is 1. The lowest BCUT2D eigenvalue weighted by Gasteiger charge is -2.34. The first kappa shape index (κ1) is 18.8. The van der Waals surface area contributed by atoms with Crippen molar-refractivity contribution >= 4 is 17.7 Å². The Kier molecular flexibility index (Phi) is 6.38. The highest BCUT2D eigenvalue weighted by molar-refractivity contribution is 5.92. The van der Waals surface area contributed by atoms with E-state index in [1.165, 1.54) is 5.56 Å². The van der Waals surface area contributed by atoms with Gasteiger partial charge < -0.3 is 15.0 Å². The molecule has 27 heavy (non-hydrogen) atoms. The maximum Gasteiger partial charge on any atom is 0.338 e. The summed E-state index contributed by atoms with van der Waals surface area (Å²) in [7, 11) is 0. The van der Waals surface area contributed by atoms with Crippen molar-refractivity contribution in [3.8, 4) is 0 Å². The van der Waals surface area contributed by atoms with Crippen LogP contribution in [0.15, 0.2) is 48.8 Å². The fourth-order valence-corrected chi connectivity index (χ4v) is 2.97.